The van der Waals surface area contributed by atoms with Gasteiger partial charge in [-0.1, -0.05) is 18.2 Å². The van der Waals surface area contributed by atoms with Crippen LogP contribution in [0.4, 0.5) is 5.69 Å². The molecule has 0 aliphatic carbocycles. The highest BCUT2D eigenvalue weighted by molar-refractivity contribution is 7.89. The minimum Gasteiger partial charge on any atom is -0.507 e. The Morgan fingerprint density at radius 2 is 1.69 bits per heavy atom. The van der Waals surface area contributed by atoms with Crippen molar-refractivity contribution in [2.24, 2.45) is 0 Å². The van der Waals surface area contributed by atoms with E-state index in [9.17, 15) is 27.9 Å². The van der Waals surface area contributed by atoms with Crippen LogP contribution in [-0.2, 0) is 34.7 Å². The Kier molecular flexibility index (Phi) is 6.50. The number of anilines is 1. The van der Waals surface area contributed by atoms with Gasteiger partial charge in [-0.2, -0.15) is 0 Å². The lowest BCUT2D eigenvalue weighted by molar-refractivity contribution is -0.144. The first-order valence-corrected chi connectivity index (χ1v) is 12.7. The number of Topliss-reactive ketones (excluding diaryl/α,β-unsaturated/α-hetero) is 1. The van der Waals surface area contributed by atoms with E-state index in [4.69, 9.17) is 4.74 Å². The van der Waals surface area contributed by atoms with Gasteiger partial charge in [0.15, 0.2) is 5.54 Å². The third kappa shape index (κ3) is 3.46. The van der Waals surface area contributed by atoms with Crippen molar-refractivity contribution < 1.29 is 32.6 Å². The number of carbonyl (C=O) groups excluding carboxylic acids is 3. The standard InChI is InChI=1S/C25H27N3O7S/c1-5-27-19-9-7-6-8-18(19)25(24(27)32)20(22(30)23(31)28(25)14-15-35-4)21(29)16-10-12-17(13-11-16)36(33,34)26(2)3/h6-13,29H,5,14-15H2,1-4H3/t25-/m1/s1. The fourth-order valence-corrected chi connectivity index (χ4v) is 5.70. The number of nitrogens with zero attached hydrogens (tertiary/aromatic N) is 3. The molecule has 0 unspecified atom stereocenters. The van der Waals surface area contributed by atoms with E-state index in [1.54, 1.807) is 31.2 Å². The van der Waals surface area contributed by atoms with Crippen molar-refractivity contribution in [3.63, 3.8) is 0 Å². The number of hydrogen-bond acceptors (Lipinski definition) is 7. The number of hydrogen-bond donors (Lipinski definition) is 1. The summed E-state index contributed by atoms with van der Waals surface area (Å²) in [5, 5.41) is 11.4. The van der Waals surface area contributed by atoms with E-state index in [1.165, 1.54) is 50.4 Å². The lowest BCUT2D eigenvalue weighted by atomic mass is 9.82. The van der Waals surface area contributed by atoms with Crippen LogP contribution < -0.4 is 4.90 Å². The average molecular weight is 514 g/mol. The van der Waals surface area contributed by atoms with Crippen LogP contribution in [-0.4, -0.2) is 81.2 Å². The SMILES string of the molecule is CCN1C(=O)[C@]2(C(=C(O)c3ccc(S(=O)(=O)N(C)C)cc3)C(=O)C(=O)N2CCOC)c2ccccc21. The summed E-state index contributed by atoms with van der Waals surface area (Å²) >= 11 is 0. The number of aliphatic hydroxyl groups excluding tert-OH is 1. The first-order valence-electron chi connectivity index (χ1n) is 11.3. The molecule has 1 fully saturated rings. The van der Waals surface area contributed by atoms with Gasteiger partial charge in [0.2, 0.25) is 10.0 Å². The Morgan fingerprint density at radius 1 is 1.06 bits per heavy atom. The summed E-state index contributed by atoms with van der Waals surface area (Å²) < 4.78 is 31.1. The van der Waals surface area contributed by atoms with Gasteiger partial charge in [0, 0.05) is 45.4 Å². The van der Waals surface area contributed by atoms with Crippen molar-refractivity contribution in [1.29, 1.82) is 0 Å². The first-order chi connectivity index (χ1) is 17.0. The van der Waals surface area contributed by atoms with Crippen LogP contribution in [0.15, 0.2) is 59.0 Å². The van der Waals surface area contributed by atoms with Crippen LogP contribution in [0.5, 0.6) is 0 Å². The fraction of sp³-hybridized carbons (Fsp3) is 0.320. The van der Waals surface area contributed by atoms with Crippen LogP contribution in [0.25, 0.3) is 5.76 Å². The van der Waals surface area contributed by atoms with Gasteiger partial charge in [0.1, 0.15) is 5.76 Å². The van der Waals surface area contributed by atoms with Gasteiger partial charge in [-0.05, 0) is 37.3 Å². The van der Waals surface area contributed by atoms with Gasteiger partial charge in [-0.15, -0.1) is 0 Å². The maximum atomic E-state index is 14.0. The summed E-state index contributed by atoms with van der Waals surface area (Å²) in [4.78, 5) is 43.3. The molecule has 190 valence electrons. The van der Waals surface area contributed by atoms with Crippen molar-refractivity contribution in [3.05, 3.63) is 65.2 Å². The lowest BCUT2D eigenvalue weighted by Gasteiger charge is -2.34. The molecule has 36 heavy (non-hydrogen) atoms. The molecule has 2 aromatic carbocycles. The number of aliphatic hydroxyl groups is 1. The first kappa shape index (κ1) is 25.5. The molecule has 0 aromatic heterocycles. The third-order valence-corrected chi connectivity index (χ3v) is 8.38. The van der Waals surface area contributed by atoms with Crippen LogP contribution in [0.3, 0.4) is 0 Å². The zero-order valence-corrected chi connectivity index (χ0v) is 21.2. The molecule has 2 amide bonds. The molecule has 1 N–H and O–H groups in total. The number of ketones is 1. The number of benzene rings is 2. The van der Waals surface area contributed by atoms with Crippen LogP contribution in [0.2, 0.25) is 0 Å². The summed E-state index contributed by atoms with van der Waals surface area (Å²) in [6.45, 7) is 2.06. The Labute approximate surface area is 209 Å². The molecule has 10 nitrogen and oxygen atoms in total. The minimum absolute atomic E-state index is 0.0150. The quantitative estimate of drug-likeness (QED) is 0.338. The molecule has 2 aromatic rings. The average Bonchev–Trinajstić information content (AvgIpc) is 3.24. The summed E-state index contributed by atoms with van der Waals surface area (Å²) in [6.07, 6.45) is 0. The second kappa shape index (κ2) is 9.16. The van der Waals surface area contributed by atoms with E-state index >= 15 is 0 Å². The van der Waals surface area contributed by atoms with E-state index in [0.717, 1.165) is 9.21 Å². The maximum absolute atomic E-state index is 14.0. The van der Waals surface area contributed by atoms with Gasteiger partial charge in [0.05, 0.1) is 22.8 Å². The number of likely N-dealkylation sites (tertiary alicyclic amines) is 1. The molecule has 1 spiro atoms. The third-order valence-electron chi connectivity index (χ3n) is 6.55. The van der Waals surface area contributed by atoms with Crippen molar-refractivity contribution in [1.82, 2.24) is 9.21 Å². The Morgan fingerprint density at radius 3 is 2.28 bits per heavy atom. The second-order valence-corrected chi connectivity index (χ2v) is 10.7. The Balaban J connectivity index is 1.99. The number of carbonyl (C=O) groups is 3. The van der Waals surface area contributed by atoms with Gasteiger partial charge in [-0.25, -0.2) is 12.7 Å². The highest BCUT2D eigenvalue weighted by atomic mass is 32.2. The highest BCUT2D eigenvalue weighted by Gasteiger charge is 2.66. The Hall–Kier alpha value is -3.54. The molecule has 0 radical (unpaired) electrons. The predicted octanol–water partition coefficient (Wildman–Crippen LogP) is 1.53. The zero-order chi connectivity index (χ0) is 26.4. The fourth-order valence-electron chi connectivity index (χ4n) is 4.80. The number of likely N-dealkylation sites (N-methyl/N-ethyl adjacent to an activating group) is 1. The number of para-hydroxylation sites is 1. The molecule has 1 saturated heterocycles. The predicted molar refractivity (Wildman–Crippen MR) is 132 cm³/mol. The minimum atomic E-state index is -3.73. The molecule has 0 bridgehead atoms. The number of amides is 2. The molecule has 2 aliphatic heterocycles. The van der Waals surface area contributed by atoms with Crippen molar-refractivity contribution >= 4 is 39.1 Å². The number of fused-ring (bicyclic) bond motifs is 2. The van der Waals surface area contributed by atoms with Crippen LogP contribution in [0, 0.1) is 0 Å². The van der Waals surface area contributed by atoms with Gasteiger partial charge in [0.25, 0.3) is 17.6 Å². The summed E-state index contributed by atoms with van der Waals surface area (Å²) in [6, 6.07) is 12.1. The van der Waals surface area contributed by atoms with E-state index in [-0.39, 0.29) is 35.7 Å². The molecule has 11 heteroatoms. The number of sulfonamides is 1. The molecule has 1 atom stereocenters. The largest absolute Gasteiger partial charge is 0.507 e. The summed E-state index contributed by atoms with van der Waals surface area (Å²) in [7, 11) is 0.504. The highest BCUT2D eigenvalue weighted by Crippen LogP contribution is 2.53. The Bertz CT molecular complexity index is 1380. The molecule has 4 rings (SSSR count). The van der Waals surface area contributed by atoms with Gasteiger partial charge in [-0.3, -0.25) is 14.4 Å². The van der Waals surface area contributed by atoms with Crippen molar-refractivity contribution in [2.75, 3.05) is 45.8 Å². The van der Waals surface area contributed by atoms with E-state index in [1.807, 2.05) is 0 Å². The zero-order valence-electron chi connectivity index (χ0n) is 20.4. The van der Waals surface area contributed by atoms with Crippen molar-refractivity contribution in [2.45, 2.75) is 17.4 Å². The summed E-state index contributed by atoms with van der Waals surface area (Å²) in [5.74, 6) is -3.03. The second-order valence-electron chi connectivity index (χ2n) is 8.59. The van der Waals surface area contributed by atoms with Crippen LogP contribution in [0.1, 0.15) is 18.1 Å². The number of ether oxygens (including phenoxy) is 1. The molecule has 0 saturated carbocycles. The number of rotatable bonds is 7. The molecule has 2 aliphatic rings. The normalized spacial score (nSPS) is 21.2. The van der Waals surface area contributed by atoms with Crippen molar-refractivity contribution in [3.8, 4) is 0 Å². The van der Waals surface area contributed by atoms with Crippen LogP contribution >= 0.6 is 0 Å². The maximum Gasteiger partial charge on any atom is 0.296 e. The van der Waals surface area contributed by atoms with E-state index in [2.05, 4.69) is 0 Å². The summed E-state index contributed by atoms with van der Waals surface area (Å²) in [5.41, 5.74) is -1.21. The van der Waals surface area contributed by atoms with Gasteiger partial charge >= 0.3 is 0 Å². The number of methoxy groups -OCH3 is 1. The van der Waals surface area contributed by atoms with E-state index < -0.39 is 38.9 Å². The molecular weight excluding hydrogens is 486 g/mol. The van der Waals surface area contributed by atoms with Gasteiger partial charge < -0.3 is 19.6 Å². The lowest BCUT2D eigenvalue weighted by Crippen LogP contribution is -2.52. The monoisotopic (exact) mass is 513 g/mol. The molecule has 2 heterocycles. The molecular formula is C25H27N3O7S. The van der Waals surface area contributed by atoms with E-state index in [0.29, 0.717) is 11.3 Å². The topological polar surface area (TPSA) is 125 Å². The smallest absolute Gasteiger partial charge is 0.296 e.